The van der Waals surface area contributed by atoms with E-state index in [-0.39, 0.29) is 0 Å². The Morgan fingerprint density at radius 3 is 2.67 bits per heavy atom. The van der Waals surface area contributed by atoms with Gasteiger partial charge in [-0.25, -0.2) is 0 Å². The Balaban J connectivity index is 2.48. The van der Waals surface area contributed by atoms with Crippen LogP contribution in [0.5, 0.6) is 0 Å². The molecule has 1 aliphatic rings. The van der Waals surface area contributed by atoms with Crippen LogP contribution in [0.3, 0.4) is 0 Å². The number of rotatable bonds is 3. The van der Waals surface area contributed by atoms with Crippen LogP contribution in [0.15, 0.2) is 23.8 Å². The molecule has 0 N–H and O–H groups in total. The minimum absolute atomic E-state index is 0.524. The molecule has 0 amide bonds. The lowest BCUT2D eigenvalue weighted by Crippen LogP contribution is -2.17. The molecule has 0 aliphatic heterocycles. The fourth-order valence-electron chi connectivity index (χ4n) is 1.50. The van der Waals surface area contributed by atoms with Gasteiger partial charge < -0.3 is 0 Å². The smallest absolute Gasteiger partial charge is 0.146 e. The molecule has 0 aromatic rings. The van der Waals surface area contributed by atoms with Gasteiger partial charge in [0.1, 0.15) is 0 Å². The van der Waals surface area contributed by atoms with Crippen LogP contribution in [0.2, 0.25) is 12.6 Å². The summed E-state index contributed by atoms with van der Waals surface area (Å²) in [6, 6.07) is 0.951. The van der Waals surface area contributed by atoms with Gasteiger partial charge in [-0.3, -0.25) is 0 Å². The van der Waals surface area contributed by atoms with Gasteiger partial charge in [0, 0.05) is 0 Å². The maximum atomic E-state index is 6.06. The first-order valence-electron chi connectivity index (χ1n) is 4.23. The summed E-state index contributed by atoms with van der Waals surface area (Å²) >= 11 is 12.1. The first-order chi connectivity index (χ1) is 5.49. The number of hydrogen-bond acceptors (Lipinski definition) is 0. The second-order valence-corrected chi connectivity index (χ2v) is 11.7. The average Bonchev–Trinajstić information content (AvgIpc) is 2.32. The molecule has 1 aliphatic carbocycles. The molecule has 0 radical (unpaired) electrons. The lowest BCUT2D eigenvalue weighted by Gasteiger charge is -2.16. The normalized spacial score (nSPS) is 19.5. The zero-order valence-corrected chi connectivity index (χ0v) is 9.99. The fourth-order valence-corrected chi connectivity index (χ4v) is 4.20. The van der Waals surface area contributed by atoms with Crippen LogP contribution in [0.4, 0.5) is 0 Å². The summed E-state index contributed by atoms with van der Waals surface area (Å²) in [6.07, 6.45) is 7.67. The van der Waals surface area contributed by atoms with E-state index in [9.17, 15) is 0 Å². The van der Waals surface area contributed by atoms with Crippen molar-refractivity contribution in [3.05, 3.63) is 23.8 Å². The van der Waals surface area contributed by atoms with Gasteiger partial charge >= 0.3 is 0 Å². The largest absolute Gasteiger partial charge is 0.249 e. The summed E-state index contributed by atoms with van der Waals surface area (Å²) in [4.78, 5) is 0. The van der Waals surface area contributed by atoms with Crippen molar-refractivity contribution in [2.75, 3.05) is 0 Å². The molecule has 0 aromatic carbocycles. The van der Waals surface area contributed by atoms with E-state index in [1.807, 2.05) is 6.55 Å². The molecule has 1 atom stereocenters. The quantitative estimate of drug-likeness (QED) is 0.498. The van der Waals surface area contributed by atoms with E-state index in [0.717, 1.165) is 12.5 Å². The summed E-state index contributed by atoms with van der Waals surface area (Å²) in [5, 5.41) is 0. The van der Waals surface area contributed by atoms with Gasteiger partial charge in [-0.15, -0.1) is 22.2 Å². The highest BCUT2D eigenvalue weighted by molar-refractivity contribution is 7.44. The molecule has 1 rings (SSSR count). The first-order valence-corrected chi connectivity index (χ1v) is 8.96. The van der Waals surface area contributed by atoms with E-state index in [4.69, 9.17) is 22.2 Å². The fraction of sp³-hybridized carbons (Fsp3) is 0.556. The van der Waals surface area contributed by atoms with Crippen LogP contribution in [-0.4, -0.2) is 6.69 Å². The van der Waals surface area contributed by atoms with Gasteiger partial charge in [-0.1, -0.05) is 25.2 Å². The molecule has 3 heteroatoms. The molecule has 68 valence electrons. The second-order valence-electron chi connectivity index (χ2n) is 3.52. The SMILES string of the molecule is CC(C[Si](C)(Cl)Cl)C1=CCC=C1. The molecule has 0 aromatic heterocycles. The minimum atomic E-state index is -1.92. The second kappa shape index (κ2) is 3.99. The summed E-state index contributed by atoms with van der Waals surface area (Å²) in [6.45, 7) is 2.25. The monoisotopic (exact) mass is 220 g/mol. The molecule has 0 bridgehead atoms. The molecule has 0 heterocycles. The molecule has 0 fully saturated rings. The maximum Gasteiger partial charge on any atom is 0.249 e. The summed E-state index contributed by atoms with van der Waals surface area (Å²) in [5.41, 5.74) is 1.40. The Labute approximate surface area is 84.7 Å². The van der Waals surface area contributed by atoms with Crippen LogP contribution >= 0.6 is 22.2 Å². The third-order valence-electron chi connectivity index (χ3n) is 2.03. The average molecular weight is 221 g/mol. The van der Waals surface area contributed by atoms with Gasteiger partial charge in [0.2, 0.25) is 6.69 Å². The lowest BCUT2D eigenvalue weighted by atomic mass is 10.1. The summed E-state index contributed by atoms with van der Waals surface area (Å²) in [5.74, 6) is 0.524. The van der Waals surface area contributed by atoms with Crippen molar-refractivity contribution >= 4 is 28.9 Å². The lowest BCUT2D eigenvalue weighted by molar-refractivity contribution is 0.783. The zero-order chi connectivity index (χ0) is 9.19. The van der Waals surface area contributed by atoms with Crippen LogP contribution in [0, 0.1) is 5.92 Å². The van der Waals surface area contributed by atoms with Crippen molar-refractivity contribution in [3.8, 4) is 0 Å². The van der Waals surface area contributed by atoms with E-state index in [1.165, 1.54) is 5.57 Å². The predicted octanol–water partition coefficient (Wildman–Crippen LogP) is 4.06. The van der Waals surface area contributed by atoms with Crippen molar-refractivity contribution in [3.63, 3.8) is 0 Å². The summed E-state index contributed by atoms with van der Waals surface area (Å²) in [7, 11) is 0. The minimum Gasteiger partial charge on any atom is -0.146 e. The van der Waals surface area contributed by atoms with E-state index < -0.39 is 6.69 Å². The molecular formula is C9H14Cl2Si. The molecule has 0 saturated heterocycles. The summed E-state index contributed by atoms with van der Waals surface area (Å²) < 4.78 is 0. The highest BCUT2D eigenvalue weighted by atomic mass is 35.7. The van der Waals surface area contributed by atoms with Crippen molar-refractivity contribution in [1.29, 1.82) is 0 Å². The number of allylic oxidation sites excluding steroid dienone is 4. The van der Waals surface area contributed by atoms with Gasteiger partial charge in [0.25, 0.3) is 0 Å². The molecule has 12 heavy (non-hydrogen) atoms. The highest BCUT2D eigenvalue weighted by Crippen LogP contribution is 2.30. The van der Waals surface area contributed by atoms with Crippen molar-refractivity contribution < 1.29 is 0 Å². The first kappa shape index (κ1) is 10.4. The molecular weight excluding hydrogens is 207 g/mol. The van der Waals surface area contributed by atoms with Crippen LogP contribution in [0.25, 0.3) is 0 Å². The standard InChI is InChI=1S/C9H14Cl2Si/c1-8(7-12(2,10)11)9-5-3-4-6-9/h3,5-6,8H,4,7H2,1-2H3. The zero-order valence-electron chi connectivity index (χ0n) is 7.48. The van der Waals surface area contributed by atoms with Gasteiger partial charge in [-0.05, 0) is 30.5 Å². The Kier molecular flexibility index (Phi) is 3.44. The van der Waals surface area contributed by atoms with Crippen LogP contribution in [-0.2, 0) is 0 Å². The van der Waals surface area contributed by atoms with E-state index >= 15 is 0 Å². The molecule has 1 unspecified atom stereocenters. The van der Waals surface area contributed by atoms with E-state index in [0.29, 0.717) is 5.92 Å². The molecule has 0 spiro atoms. The highest BCUT2D eigenvalue weighted by Gasteiger charge is 2.25. The van der Waals surface area contributed by atoms with Crippen molar-refractivity contribution in [1.82, 2.24) is 0 Å². The van der Waals surface area contributed by atoms with E-state index in [2.05, 4.69) is 25.2 Å². The Hall–Kier alpha value is 0.277. The Morgan fingerprint density at radius 1 is 1.58 bits per heavy atom. The van der Waals surface area contributed by atoms with Crippen molar-refractivity contribution in [2.45, 2.75) is 25.9 Å². The predicted molar refractivity (Wildman–Crippen MR) is 59.1 cm³/mol. The van der Waals surface area contributed by atoms with Gasteiger partial charge in [-0.2, -0.15) is 0 Å². The van der Waals surface area contributed by atoms with Crippen LogP contribution < -0.4 is 0 Å². The number of halogens is 2. The van der Waals surface area contributed by atoms with Crippen molar-refractivity contribution in [2.24, 2.45) is 5.92 Å². The topological polar surface area (TPSA) is 0 Å². The van der Waals surface area contributed by atoms with Gasteiger partial charge in [0.05, 0.1) is 0 Å². The number of hydrogen-bond donors (Lipinski definition) is 0. The van der Waals surface area contributed by atoms with Crippen LogP contribution in [0.1, 0.15) is 13.3 Å². The van der Waals surface area contributed by atoms with E-state index in [1.54, 1.807) is 0 Å². The Bertz CT molecular complexity index is 213. The third-order valence-corrected chi connectivity index (χ3v) is 4.29. The Morgan fingerprint density at radius 2 is 2.25 bits per heavy atom. The molecule has 0 saturated carbocycles. The maximum absolute atomic E-state index is 6.06. The van der Waals surface area contributed by atoms with Gasteiger partial charge in [0.15, 0.2) is 0 Å². The third kappa shape index (κ3) is 3.34. The molecule has 0 nitrogen and oxygen atoms in total.